The molecule has 0 radical (unpaired) electrons. The summed E-state index contributed by atoms with van der Waals surface area (Å²) in [5, 5.41) is 6.39. The van der Waals surface area contributed by atoms with Gasteiger partial charge >= 0.3 is 0 Å². The molecule has 0 saturated heterocycles. The van der Waals surface area contributed by atoms with Gasteiger partial charge in [-0.2, -0.15) is 5.10 Å². The van der Waals surface area contributed by atoms with E-state index in [2.05, 4.69) is 10.4 Å². The van der Waals surface area contributed by atoms with Crippen molar-refractivity contribution in [2.75, 3.05) is 25.9 Å². The van der Waals surface area contributed by atoms with Gasteiger partial charge in [0.1, 0.15) is 0 Å². The van der Waals surface area contributed by atoms with E-state index in [0.717, 1.165) is 0 Å². The lowest BCUT2D eigenvalue weighted by Gasteiger charge is -2.14. The minimum Gasteiger partial charge on any atom is -0.396 e. The van der Waals surface area contributed by atoms with Crippen LogP contribution in [0.3, 0.4) is 0 Å². The van der Waals surface area contributed by atoms with Crippen molar-refractivity contribution in [2.24, 2.45) is 7.05 Å². The summed E-state index contributed by atoms with van der Waals surface area (Å²) in [5.41, 5.74) is 6.03. The quantitative estimate of drug-likeness (QED) is 0.720. The van der Waals surface area contributed by atoms with E-state index in [1.807, 2.05) is 6.92 Å². The van der Waals surface area contributed by atoms with Crippen LogP contribution in [0, 0.1) is 0 Å². The number of nitrogens with zero attached hydrogens (tertiary/aromatic N) is 3. The third kappa shape index (κ3) is 3.20. The molecule has 0 bridgehead atoms. The van der Waals surface area contributed by atoms with Crippen LogP contribution in [0.25, 0.3) is 0 Å². The number of likely N-dealkylation sites (N-methyl/N-ethyl adjacent to an activating group) is 1. The molecule has 3 N–H and O–H groups in total. The fourth-order valence-electron chi connectivity index (χ4n) is 1.23. The Morgan fingerprint density at radius 2 is 2.24 bits per heavy atom. The molecule has 0 aliphatic heterocycles. The van der Waals surface area contributed by atoms with E-state index in [1.54, 1.807) is 14.1 Å². The van der Waals surface area contributed by atoms with Crippen molar-refractivity contribution < 1.29 is 9.59 Å². The molecule has 17 heavy (non-hydrogen) atoms. The Labute approximate surface area is 99.6 Å². The number of rotatable bonds is 4. The topological polar surface area (TPSA) is 93.2 Å². The largest absolute Gasteiger partial charge is 0.396 e. The highest BCUT2D eigenvalue weighted by Gasteiger charge is 2.15. The van der Waals surface area contributed by atoms with E-state index < -0.39 is 5.91 Å². The highest BCUT2D eigenvalue weighted by Crippen LogP contribution is 2.07. The predicted molar refractivity (Wildman–Crippen MR) is 63.3 cm³/mol. The van der Waals surface area contributed by atoms with Gasteiger partial charge in [0.25, 0.3) is 5.91 Å². The second kappa shape index (κ2) is 5.33. The summed E-state index contributed by atoms with van der Waals surface area (Å²) >= 11 is 0. The first-order valence-electron chi connectivity index (χ1n) is 5.27. The molecule has 94 valence electrons. The first-order chi connectivity index (χ1) is 7.95. The van der Waals surface area contributed by atoms with Crippen LogP contribution in [0.4, 0.5) is 5.69 Å². The van der Waals surface area contributed by atoms with E-state index in [9.17, 15) is 9.59 Å². The monoisotopic (exact) mass is 239 g/mol. The molecule has 1 aromatic rings. The predicted octanol–water partition coefficient (Wildman–Crippen LogP) is -0.790. The van der Waals surface area contributed by atoms with Crippen molar-refractivity contribution in [2.45, 2.75) is 6.92 Å². The smallest absolute Gasteiger partial charge is 0.274 e. The Kier molecular flexibility index (Phi) is 4.08. The van der Waals surface area contributed by atoms with Crippen LogP contribution >= 0.6 is 0 Å². The molecular formula is C10H17N5O2. The Morgan fingerprint density at radius 3 is 2.71 bits per heavy atom. The molecule has 0 aliphatic rings. The summed E-state index contributed by atoms with van der Waals surface area (Å²) in [6.07, 6.45) is 1.54. The van der Waals surface area contributed by atoms with Gasteiger partial charge in [-0.05, 0) is 6.92 Å². The average Bonchev–Trinajstić information content (AvgIpc) is 2.63. The second-order valence-electron chi connectivity index (χ2n) is 3.70. The summed E-state index contributed by atoms with van der Waals surface area (Å²) in [6, 6.07) is 0. The third-order valence-corrected chi connectivity index (χ3v) is 2.37. The van der Waals surface area contributed by atoms with Gasteiger partial charge in [-0.25, -0.2) is 0 Å². The Balaban J connectivity index is 2.56. The maximum Gasteiger partial charge on any atom is 0.274 e. The van der Waals surface area contributed by atoms with Crippen molar-refractivity contribution in [3.05, 3.63) is 11.9 Å². The minimum absolute atomic E-state index is 0.0564. The van der Waals surface area contributed by atoms with Crippen molar-refractivity contribution in [3.63, 3.8) is 0 Å². The summed E-state index contributed by atoms with van der Waals surface area (Å²) in [7, 11) is 3.34. The number of anilines is 1. The minimum atomic E-state index is -0.444. The van der Waals surface area contributed by atoms with Crippen molar-refractivity contribution in [3.8, 4) is 0 Å². The summed E-state index contributed by atoms with van der Waals surface area (Å²) in [5.74, 6) is -0.601. The zero-order valence-corrected chi connectivity index (χ0v) is 10.2. The second-order valence-corrected chi connectivity index (χ2v) is 3.70. The van der Waals surface area contributed by atoms with Crippen LogP contribution in [0.2, 0.25) is 0 Å². The molecule has 2 amide bonds. The van der Waals surface area contributed by atoms with Crippen molar-refractivity contribution in [1.29, 1.82) is 0 Å². The lowest BCUT2D eigenvalue weighted by Crippen LogP contribution is -2.38. The van der Waals surface area contributed by atoms with E-state index in [0.29, 0.717) is 12.2 Å². The first-order valence-corrected chi connectivity index (χ1v) is 5.27. The van der Waals surface area contributed by atoms with E-state index in [4.69, 9.17) is 5.73 Å². The maximum absolute atomic E-state index is 11.7. The average molecular weight is 239 g/mol. The molecule has 0 atom stereocenters. The zero-order chi connectivity index (χ0) is 13.0. The molecule has 0 fully saturated rings. The van der Waals surface area contributed by atoms with Gasteiger partial charge in [0.05, 0.1) is 12.2 Å². The van der Waals surface area contributed by atoms with Gasteiger partial charge in [-0.1, -0.05) is 0 Å². The fraction of sp³-hybridized carbons (Fsp3) is 0.500. The molecule has 1 rings (SSSR count). The SMILES string of the molecule is CCN(C)C(=O)CNC(=O)c1nn(C)cc1N. The molecule has 0 aromatic carbocycles. The van der Waals surface area contributed by atoms with Crippen molar-refractivity contribution in [1.82, 2.24) is 20.0 Å². The zero-order valence-electron chi connectivity index (χ0n) is 10.2. The maximum atomic E-state index is 11.7. The van der Waals surface area contributed by atoms with Gasteiger partial charge in [-0.15, -0.1) is 0 Å². The Hall–Kier alpha value is -2.05. The number of hydrogen-bond donors (Lipinski definition) is 2. The summed E-state index contributed by atoms with van der Waals surface area (Å²) < 4.78 is 1.45. The Morgan fingerprint density at radius 1 is 1.59 bits per heavy atom. The number of nitrogens with one attached hydrogen (secondary N) is 1. The van der Waals surface area contributed by atoms with Crippen molar-refractivity contribution >= 4 is 17.5 Å². The van der Waals surface area contributed by atoms with E-state index in [1.165, 1.54) is 15.8 Å². The van der Waals surface area contributed by atoms with Crippen LogP contribution in [0.15, 0.2) is 6.20 Å². The molecule has 7 heteroatoms. The molecule has 0 unspecified atom stereocenters. The van der Waals surface area contributed by atoms with Crippen LogP contribution in [0.1, 0.15) is 17.4 Å². The number of nitrogen functional groups attached to an aromatic ring is 1. The number of aromatic nitrogens is 2. The molecule has 1 aromatic heterocycles. The molecule has 0 saturated carbocycles. The number of carbonyl (C=O) groups is 2. The molecule has 1 heterocycles. The highest BCUT2D eigenvalue weighted by atomic mass is 16.2. The van der Waals surface area contributed by atoms with Gasteiger partial charge in [-0.3, -0.25) is 14.3 Å². The van der Waals surface area contributed by atoms with E-state index >= 15 is 0 Å². The number of hydrogen-bond acceptors (Lipinski definition) is 4. The lowest BCUT2D eigenvalue weighted by molar-refractivity contribution is -0.128. The van der Waals surface area contributed by atoms with Gasteiger partial charge in [0, 0.05) is 26.8 Å². The summed E-state index contributed by atoms with van der Waals surface area (Å²) in [6.45, 7) is 2.40. The number of aryl methyl sites for hydroxylation is 1. The van der Waals surface area contributed by atoms with E-state index in [-0.39, 0.29) is 18.1 Å². The fourth-order valence-corrected chi connectivity index (χ4v) is 1.23. The Bertz CT molecular complexity index is 426. The molecule has 7 nitrogen and oxygen atoms in total. The van der Waals surface area contributed by atoms with Gasteiger partial charge in [0.2, 0.25) is 5.91 Å². The highest BCUT2D eigenvalue weighted by molar-refractivity contribution is 5.98. The lowest BCUT2D eigenvalue weighted by atomic mass is 10.3. The normalized spacial score (nSPS) is 10.1. The number of carbonyl (C=O) groups excluding carboxylic acids is 2. The van der Waals surface area contributed by atoms with Gasteiger partial charge < -0.3 is 16.0 Å². The van der Waals surface area contributed by atoms with Crippen LogP contribution in [-0.4, -0.2) is 46.6 Å². The molecule has 0 aliphatic carbocycles. The van der Waals surface area contributed by atoms with Crippen LogP contribution in [0.5, 0.6) is 0 Å². The summed E-state index contributed by atoms with van der Waals surface area (Å²) in [4.78, 5) is 24.6. The molecule has 0 spiro atoms. The first kappa shape index (κ1) is 13.0. The standard InChI is InChI=1S/C10H17N5O2/c1-4-14(2)8(16)5-12-10(17)9-7(11)6-15(3)13-9/h6H,4-5,11H2,1-3H3,(H,12,17). The van der Waals surface area contributed by atoms with Crippen LogP contribution in [-0.2, 0) is 11.8 Å². The number of nitrogens with two attached hydrogens (primary N) is 1. The molecular weight excluding hydrogens is 222 g/mol. The van der Waals surface area contributed by atoms with Crippen LogP contribution < -0.4 is 11.1 Å². The third-order valence-electron chi connectivity index (χ3n) is 2.37. The number of amides is 2. The van der Waals surface area contributed by atoms with Gasteiger partial charge in [0.15, 0.2) is 5.69 Å².